The topological polar surface area (TPSA) is 46.5 Å². The lowest BCUT2D eigenvalue weighted by atomic mass is 9.62. The molecule has 0 aromatic rings. The quantitative estimate of drug-likeness (QED) is 0.186. The van der Waals surface area contributed by atoms with E-state index in [0.29, 0.717) is 30.6 Å². The Morgan fingerprint density at radius 1 is 0.946 bits per heavy atom. The SMILES string of the molecule is CCCC[Si](CCCC)(CCCC)O[C@]1(C)C[C@H](O)[C@@H]2C(=O)C(Cl)(Cl)C[C@@H]3[C@H](C(C)C)CC[C@@]3(C)C[C@H]21. The summed E-state index contributed by atoms with van der Waals surface area (Å²) in [5, 5.41) is 11.5. The Bertz CT molecular complexity index is 752. The van der Waals surface area contributed by atoms with E-state index >= 15 is 0 Å². The number of carbonyl (C=O) groups excluding carboxylic acids is 1. The highest BCUT2D eigenvalue weighted by Crippen LogP contribution is 2.63. The first-order valence-electron chi connectivity index (χ1n) is 15.6. The third kappa shape index (κ3) is 6.66. The van der Waals surface area contributed by atoms with E-state index in [1.54, 1.807) is 0 Å². The fourth-order valence-electron chi connectivity index (χ4n) is 8.65. The van der Waals surface area contributed by atoms with Crippen LogP contribution in [0.2, 0.25) is 18.1 Å². The largest absolute Gasteiger partial charge is 0.411 e. The maximum Gasteiger partial charge on any atom is 0.193 e. The van der Waals surface area contributed by atoms with Crippen molar-refractivity contribution in [3.8, 4) is 0 Å². The summed E-state index contributed by atoms with van der Waals surface area (Å²) in [5.74, 6) is 0.650. The third-order valence-corrected chi connectivity index (χ3v) is 16.2. The minimum atomic E-state index is -2.07. The second-order valence-electron chi connectivity index (χ2n) is 14.0. The van der Waals surface area contributed by atoms with Gasteiger partial charge < -0.3 is 9.53 Å². The van der Waals surface area contributed by atoms with E-state index < -0.39 is 30.3 Å². The summed E-state index contributed by atoms with van der Waals surface area (Å²) in [4.78, 5) is 14.0. The minimum absolute atomic E-state index is 0.0395. The average molecular weight is 576 g/mol. The number of carbonyl (C=O) groups is 1. The first kappa shape index (κ1) is 31.9. The standard InChI is InChI=1S/C31H56Cl2O3Si/c1-8-11-16-37(17-12-9-2,18-13-10-3)36-30(7)21-26(34)27-25(30)19-29(6)15-14-23(22(4)5)24(29)20-31(32,33)28(27)35/h22-27,34H,8-21H2,1-7H3/t23-,24+,25+,26-,27+,29-,30+/m0/s1. The second kappa shape index (κ2) is 12.5. The first-order valence-corrected chi connectivity index (χ1v) is 18.9. The van der Waals surface area contributed by atoms with Crippen molar-refractivity contribution in [1.29, 1.82) is 0 Å². The number of aliphatic hydroxyl groups excluding tert-OH is 1. The molecule has 3 rings (SSSR count). The zero-order chi connectivity index (χ0) is 27.6. The summed E-state index contributed by atoms with van der Waals surface area (Å²) in [5.41, 5.74) is -0.450. The molecule has 37 heavy (non-hydrogen) atoms. The zero-order valence-electron chi connectivity index (χ0n) is 24.9. The van der Waals surface area contributed by atoms with Crippen LogP contribution in [0.5, 0.6) is 0 Å². The number of aliphatic hydroxyl groups is 1. The molecule has 0 spiro atoms. The summed E-state index contributed by atoms with van der Waals surface area (Å²) in [7, 11) is -2.07. The fraction of sp³-hybridized carbons (Fsp3) is 0.968. The molecule has 0 aromatic carbocycles. The molecule has 0 unspecified atom stereocenters. The number of halogens is 2. The molecule has 3 nitrogen and oxygen atoms in total. The Hall–Kier alpha value is 0.387. The van der Waals surface area contributed by atoms with Crippen molar-refractivity contribution < 1.29 is 14.3 Å². The lowest BCUT2D eigenvalue weighted by Crippen LogP contribution is -2.53. The minimum Gasteiger partial charge on any atom is -0.411 e. The van der Waals surface area contributed by atoms with Crippen LogP contribution < -0.4 is 0 Å². The highest BCUT2D eigenvalue weighted by molar-refractivity contribution is 6.74. The van der Waals surface area contributed by atoms with Crippen molar-refractivity contribution in [2.24, 2.45) is 35.0 Å². The van der Waals surface area contributed by atoms with Gasteiger partial charge >= 0.3 is 0 Å². The van der Waals surface area contributed by atoms with Gasteiger partial charge in [0.25, 0.3) is 0 Å². The number of rotatable bonds is 12. The van der Waals surface area contributed by atoms with Crippen molar-refractivity contribution in [2.75, 3.05) is 0 Å². The van der Waals surface area contributed by atoms with E-state index in [0.717, 1.165) is 19.3 Å². The maximum absolute atomic E-state index is 14.0. The van der Waals surface area contributed by atoms with E-state index in [4.69, 9.17) is 27.6 Å². The smallest absolute Gasteiger partial charge is 0.193 e. The van der Waals surface area contributed by atoms with Crippen LogP contribution >= 0.6 is 23.2 Å². The number of alkyl halides is 2. The van der Waals surface area contributed by atoms with Crippen LogP contribution in [-0.4, -0.2) is 35.2 Å². The van der Waals surface area contributed by atoms with Gasteiger partial charge in [0, 0.05) is 6.42 Å². The van der Waals surface area contributed by atoms with Gasteiger partial charge in [0.1, 0.15) is 0 Å². The van der Waals surface area contributed by atoms with Crippen LogP contribution in [-0.2, 0) is 9.22 Å². The van der Waals surface area contributed by atoms with E-state index in [1.807, 2.05) is 0 Å². The van der Waals surface area contributed by atoms with Gasteiger partial charge in [-0.1, -0.05) is 103 Å². The highest BCUT2D eigenvalue weighted by Gasteiger charge is 2.64. The Balaban J connectivity index is 2.04. The maximum atomic E-state index is 14.0. The molecule has 3 aliphatic carbocycles. The van der Waals surface area contributed by atoms with Gasteiger partial charge in [-0.3, -0.25) is 4.79 Å². The predicted octanol–water partition coefficient (Wildman–Crippen LogP) is 9.33. The third-order valence-electron chi connectivity index (χ3n) is 10.8. The number of ketones is 1. The van der Waals surface area contributed by atoms with E-state index in [1.165, 1.54) is 56.7 Å². The van der Waals surface area contributed by atoms with Gasteiger partial charge in [-0.15, -0.1) is 0 Å². The van der Waals surface area contributed by atoms with Crippen LogP contribution in [0.15, 0.2) is 0 Å². The van der Waals surface area contributed by atoms with Crippen molar-refractivity contribution >= 4 is 37.3 Å². The van der Waals surface area contributed by atoms with E-state index in [9.17, 15) is 9.90 Å². The normalized spacial score (nSPS) is 37.9. The molecule has 0 saturated heterocycles. The predicted molar refractivity (Wildman–Crippen MR) is 160 cm³/mol. The number of fused-ring (bicyclic) bond motifs is 2. The van der Waals surface area contributed by atoms with Gasteiger partial charge in [-0.25, -0.2) is 0 Å². The van der Waals surface area contributed by atoms with Gasteiger partial charge in [-0.05, 0) is 79.8 Å². The second-order valence-corrected chi connectivity index (χ2v) is 19.6. The number of Topliss-reactive ketones (excluding diaryl/α,β-unsaturated/α-hetero) is 1. The molecular weight excluding hydrogens is 519 g/mol. The van der Waals surface area contributed by atoms with E-state index in [-0.39, 0.29) is 17.1 Å². The Kier molecular flexibility index (Phi) is 10.8. The Morgan fingerprint density at radius 3 is 1.97 bits per heavy atom. The van der Waals surface area contributed by atoms with Crippen LogP contribution in [0.1, 0.15) is 119 Å². The van der Waals surface area contributed by atoms with Crippen LogP contribution in [0.25, 0.3) is 0 Å². The molecule has 0 aromatic heterocycles. The summed E-state index contributed by atoms with van der Waals surface area (Å²) >= 11 is 13.9. The molecule has 7 atom stereocenters. The number of unbranched alkanes of at least 4 members (excludes halogenated alkanes) is 3. The van der Waals surface area contributed by atoms with Crippen molar-refractivity contribution in [3.63, 3.8) is 0 Å². The van der Waals surface area contributed by atoms with Gasteiger partial charge in [-0.2, -0.15) is 0 Å². The fourth-order valence-corrected chi connectivity index (χ4v) is 14.5. The molecule has 0 aliphatic heterocycles. The summed E-state index contributed by atoms with van der Waals surface area (Å²) in [6.07, 6.45) is 10.7. The summed E-state index contributed by atoms with van der Waals surface area (Å²) in [6.45, 7) is 16.1. The molecule has 0 amide bonds. The Labute approximate surface area is 239 Å². The average Bonchev–Trinajstić information content (AvgIpc) is 3.25. The van der Waals surface area contributed by atoms with Gasteiger partial charge in [0.2, 0.25) is 0 Å². The molecule has 0 bridgehead atoms. The zero-order valence-corrected chi connectivity index (χ0v) is 27.4. The van der Waals surface area contributed by atoms with Crippen molar-refractivity contribution in [1.82, 2.24) is 0 Å². The van der Waals surface area contributed by atoms with E-state index in [2.05, 4.69) is 48.5 Å². The first-order chi connectivity index (χ1) is 17.3. The summed E-state index contributed by atoms with van der Waals surface area (Å²) in [6, 6.07) is 3.56. The highest BCUT2D eigenvalue weighted by atomic mass is 35.5. The summed E-state index contributed by atoms with van der Waals surface area (Å²) < 4.78 is 6.11. The van der Waals surface area contributed by atoms with Gasteiger partial charge in [0.15, 0.2) is 18.4 Å². The Morgan fingerprint density at radius 2 is 1.49 bits per heavy atom. The molecule has 6 heteroatoms. The molecule has 1 N–H and O–H groups in total. The van der Waals surface area contributed by atoms with Crippen LogP contribution in [0.3, 0.4) is 0 Å². The van der Waals surface area contributed by atoms with Crippen LogP contribution in [0, 0.1) is 35.0 Å². The molecule has 0 radical (unpaired) electrons. The van der Waals surface area contributed by atoms with Crippen molar-refractivity contribution in [2.45, 2.75) is 153 Å². The van der Waals surface area contributed by atoms with Crippen molar-refractivity contribution in [3.05, 3.63) is 0 Å². The molecule has 3 fully saturated rings. The monoisotopic (exact) mass is 574 g/mol. The number of hydrogen-bond donors (Lipinski definition) is 1. The molecule has 3 saturated carbocycles. The number of hydrogen-bond acceptors (Lipinski definition) is 3. The lowest BCUT2D eigenvalue weighted by Gasteiger charge is -2.49. The molecule has 216 valence electrons. The molecule has 0 heterocycles. The molecular formula is C31H56Cl2O3Si. The van der Waals surface area contributed by atoms with Crippen LogP contribution in [0.4, 0.5) is 0 Å². The van der Waals surface area contributed by atoms with Gasteiger partial charge in [0.05, 0.1) is 17.6 Å². The lowest BCUT2D eigenvalue weighted by molar-refractivity contribution is -0.132. The molecule has 3 aliphatic rings.